The van der Waals surface area contributed by atoms with E-state index in [1.54, 1.807) is 0 Å². The fraction of sp³-hybridized carbons (Fsp3) is 0.467. The van der Waals surface area contributed by atoms with Crippen LogP contribution in [-0.2, 0) is 10.3 Å². The Balaban J connectivity index is 1.95. The van der Waals surface area contributed by atoms with Crippen LogP contribution < -0.4 is 20.1 Å². The van der Waals surface area contributed by atoms with E-state index in [1.807, 2.05) is 32.0 Å². The molecule has 2 aliphatic rings. The van der Waals surface area contributed by atoms with Gasteiger partial charge in [-0.05, 0) is 31.5 Å². The minimum Gasteiger partial charge on any atom is -0.490 e. The maximum absolute atomic E-state index is 12.3. The van der Waals surface area contributed by atoms with Crippen molar-refractivity contribution in [2.45, 2.75) is 25.8 Å². The molecule has 6 heteroatoms. The van der Waals surface area contributed by atoms with E-state index in [-0.39, 0.29) is 5.91 Å². The molecule has 0 spiro atoms. The number of guanidine groups is 1. The molecule has 2 aliphatic heterocycles. The average Bonchev–Trinajstić information content (AvgIpc) is 2.66. The zero-order chi connectivity index (χ0) is 14.9. The fourth-order valence-corrected chi connectivity index (χ4v) is 2.47. The Labute approximate surface area is 123 Å². The van der Waals surface area contributed by atoms with Crippen molar-refractivity contribution in [2.24, 2.45) is 4.99 Å². The molecule has 112 valence electrons. The minimum atomic E-state index is -0.849. The number of carbonyl (C=O) groups excluding carboxylic acids is 1. The van der Waals surface area contributed by atoms with Crippen LogP contribution in [0.3, 0.4) is 0 Å². The normalized spacial score (nSPS) is 26.2. The first kappa shape index (κ1) is 13.7. The molecule has 0 saturated carbocycles. The van der Waals surface area contributed by atoms with Gasteiger partial charge in [-0.15, -0.1) is 0 Å². The fourth-order valence-electron chi connectivity index (χ4n) is 2.47. The zero-order valence-corrected chi connectivity index (χ0v) is 12.2. The van der Waals surface area contributed by atoms with E-state index >= 15 is 0 Å². The summed E-state index contributed by atoms with van der Waals surface area (Å²) in [6.07, 6.45) is 0.854. The minimum absolute atomic E-state index is 0.121. The van der Waals surface area contributed by atoms with Crippen LogP contribution in [0.5, 0.6) is 11.5 Å². The van der Waals surface area contributed by atoms with Gasteiger partial charge in [0.05, 0.1) is 13.2 Å². The first-order valence-corrected chi connectivity index (χ1v) is 7.17. The summed E-state index contributed by atoms with van der Waals surface area (Å²) in [5, 5.41) is 5.91. The summed E-state index contributed by atoms with van der Waals surface area (Å²) in [4.78, 5) is 16.5. The third kappa shape index (κ3) is 2.41. The molecule has 1 aromatic rings. The van der Waals surface area contributed by atoms with Crippen LogP contribution in [0.2, 0.25) is 0 Å². The summed E-state index contributed by atoms with van der Waals surface area (Å²) < 4.78 is 11.3. The number of aliphatic imine (C=N–C) groups is 1. The molecule has 1 aromatic carbocycles. The first-order chi connectivity index (χ1) is 10.1. The predicted octanol–water partition coefficient (Wildman–Crippen LogP) is 1.16. The van der Waals surface area contributed by atoms with Crippen LogP contribution in [0.25, 0.3) is 0 Å². The molecule has 0 aromatic heterocycles. The van der Waals surface area contributed by atoms with Crippen molar-refractivity contribution < 1.29 is 14.3 Å². The number of benzene rings is 1. The standard InChI is InChI=1S/C15H19N3O3/c1-3-16-14-17-13(19)15(2,18-14)10-5-6-11-12(9-10)21-8-4-7-20-11/h5-6,9H,3-4,7-8H2,1-2H3,(H2,16,17,18,19). The number of amides is 1. The van der Waals surface area contributed by atoms with Gasteiger partial charge in [0.2, 0.25) is 0 Å². The molecule has 2 heterocycles. The Kier molecular flexibility index (Phi) is 3.45. The summed E-state index contributed by atoms with van der Waals surface area (Å²) in [5.74, 6) is 1.80. The number of ether oxygens (including phenoxy) is 2. The third-order valence-electron chi connectivity index (χ3n) is 3.70. The quantitative estimate of drug-likeness (QED) is 0.857. The number of hydrogen-bond acceptors (Lipinski definition) is 4. The van der Waals surface area contributed by atoms with Crippen LogP contribution >= 0.6 is 0 Å². The molecule has 3 rings (SSSR count). The van der Waals surface area contributed by atoms with Crippen molar-refractivity contribution in [1.82, 2.24) is 10.6 Å². The molecule has 2 N–H and O–H groups in total. The van der Waals surface area contributed by atoms with E-state index < -0.39 is 5.54 Å². The van der Waals surface area contributed by atoms with Crippen LogP contribution in [0, 0.1) is 0 Å². The van der Waals surface area contributed by atoms with Gasteiger partial charge >= 0.3 is 0 Å². The maximum Gasteiger partial charge on any atom is 0.256 e. The molecule has 0 radical (unpaired) electrons. The van der Waals surface area contributed by atoms with Crippen LogP contribution in [0.15, 0.2) is 23.2 Å². The number of nitrogens with one attached hydrogen (secondary N) is 2. The van der Waals surface area contributed by atoms with Crippen molar-refractivity contribution in [1.29, 1.82) is 0 Å². The van der Waals surface area contributed by atoms with Gasteiger partial charge in [-0.25, -0.2) is 0 Å². The molecular weight excluding hydrogens is 270 g/mol. The number of carbonyl (C=O) groups is 1. The Bertz CT molecular complexity index is 600. The molecule has 0 bridgehead atoms. The SMILES string of the molecule is CCN=C1NC(=O)C(C)(c2ccc3c(c2)OCCCO3)N1. The van der Waals surface area contributed by atoms with E-state index in [4.69, 9.17) is 9.47 Å². The van der Waals surface area contributed by atoms with Gasteiger partial charge in [0, 0.05) is 13.0 Å². The summed E-state index contributed by atoms with van der Waals surface area (Å²) >= 11 is 0. The summed E-state index contributed by atoms with van der Waals surface area (Å²) in [5.41, 5.74) is -0.0239. The number of fused-ring (bicyclic) bond motifs is 1. The number of rotatable bonds is 2. The molecule has 1 saturated heterocycles. The lowest BCUT2D eigenvalue weighted by Crippen LogP contribution is -2.40. The van der Waals surface area contributed by atoms with Gasteiger partial charge in [0.25, 0.3) is 5.91 Å². The Morgan fingerprint density at radius 2 is 2.05 bits per heavy atom. The third-order valence-corrected chi connectivity index (χ3v) is 3.70. The lowest BCUT2D eigenvalue weighted by Gasteiger charge is -2.22. The van der Waals surface area contributed by atoms with Crippen molar-refractivity contribution in [3.8, 4) is 11.5 Å². The second-order valence-electron chi connectivity index (χ2n) is 5.24. The summed E-state index contributed by atoms with van der Waals surface area (Å²) in [6.45, 7) is 5.63. The van der Waals surface area contributed by atoms with Crippen molar-refractivity contribution in [3.63, 3.8) is 0 Å². The summed E-state index contributed by atoms with van der Waals surface area (Å²) in [6, 6.07) is 5.60. The van der Waals surface area contributed by atoms with Crippen LogP contribution in [-0.4, -0.2) is 31.6 Å². The van der Waals surface area contributed by atoms with E-state index in [1.165, 1.54) is 0 Å². The van der Waals surface area contributed by atoms with Crippen LogP contribution in [0.4, 0.5) is 0 Å². The highest BCUT2D eigenvalue weighted by Crippen LogP contribution is 2.35. The van der Waals surface area contributed by atoms with Gasteiger partial charge < -0.3 is 14.8 Å². The molecule has 21 heavy (non-hydrogen) atoms. The monoisotopic (exact) mass is 289 g/mol. The van der Waals surface area contributed by atoms with Crippen molar-refractivity contribution >= 4 is 11.9 Å². The van der Waals surface area contributed by atoms with E-state index in [9.17, 15) is 4.79 Å². The average molecular weight is 289 g/mol. The van der Waals surface area contributed by atoms with Crippen molar-refractivity contribution in [2.75, 3.05) is 19.8 Å². The Hall–Kier alpha value is -2.24. The summed E-state index contributed by atoms with van der Waals surface area (Å²) in [7, 11) is 0. The second-order valence-corrected chi connectivity index (χ2v) is 5.24. The molecule has 0 aliphatic carbocycles. The van der Waals surface area contributed by atoms with Gasteiger partial charge in [0.1, 0.15) is 5.54 Å². The molecule has 1 atom stereocenters. The molecular formula is C15H19N3O3. The van der Waals surface area contributed by atoms with E-state index in [0.717, 1.165) is 17.7 Å². The lowest BCUT2D eigenvalue weighted by atomic mass is 9.92. The predicted molar refractivity (Wildman–Crippen MR) is 78.7 cm³/mol. The highest BCUT2D eigenvalue weighted by atomic mass is 16.5. The highest BCUT2D eigenvalue weighted by Gasteiger charge is 2.42. The zero-order valence-electron chi connectivity index (χ0n) is 12.2. The molecule has 1 unspecified atom stereocenters. The maximum atomic E-state index is 12.3. The number of hydrogen-bond donors (Lipinski definition) is 2. The van der Waals surface area contributed by atoms with Gasteiger partial charge in [-0.1, -0.05) is 6.07 Å². The first-order valence-electron chi connectivity index (χ1n) is 7.17. The Morgan fingerprint density at radius 1 is 1.29 bits per heavy atom. The van der Waals surface area contributed by atoms with Gasteiger partial charge in [0.15, 0.2) is 17.5 Å². The smallest absolute Gasteiger partial charge is 0.256 e. The molecule has 1 amide bonds. The molecule has 6 nitrogen and oxygen atoms in total. The number of nitrogens with zero attached hydrogens (tertiary/aromatic N) is 1. The van der Waals surface area contributed by atoms with Crippen molar-refractivity contribution in [3.05, 3.63) is 23.8 Å². The highest BCUT2D eigenvalue weighted by molar-refractivity contribution is 6.09. The van der Waals surface area contributed by atoms with Gasteiger partial charge in [-0.3, -0.25) is 15.1 Å². The largest absolute Gasteiger partial charge is 0.490 e. The molecule has 1 fully saturated rings. The van der Waals surface area contributed by atoms with E-state index in [0.29, 0.717) is 31.5 Å². The van der Waals surface area contributed by atoms with E-state index in [2.05, 4.69) is 15.6 Å². The second kappa shape index (κ2) is 5.27. The van der Waals surface area contributed by atoms with Gasteiger partial charge in [-0.2, -0.15) is 0 Å². The Morgan fingerprint density at radius 3 is 2.81 bits per heavy atom. The van der Waals surface area contributed by atoms with Crippen LogP contribution in [0.1, 0.15) is 25.8 Å². The topological polar surface area (TPSA) is 72.0 Å². The lowest BCUT2D eigenvalue weighted by molar-refractivity contribution is -0.123.